The van der Waals surface area contributed by atoms with E-state index in [1.54, 1.807) is 11.1 Å². The molecule has 4 fully saturated rings. The lowest BCUT2D eigenvalue weighted by atomic mass is 9.36. The van der Waals surface area contributed by atoms with Crippen LogP contribution in [-0.4, -0.2) is 11.2 Å². The third-order valence-electron chi connectivity index (χ3n) is 12.4. The number of hydrogen-bond donors (Lipinski definition) is 1. The van der Waals surface area contributed by atoms with Crippen molar-refractivity contribution in [2.24, 2.45) is 44.3 Å². The van der Waals surface area contributed by atoms with Crippen LogP contribution in [0.25, 0.3) is 0 Å². The second-order valence-corrected chi connectivity index (χ2v) is 14.8. The summed E-state index contributed by atoms with van der Waals surface area (Å²) in [7, 11) is 0. The molecule has 174 valence electrons. The van der Waals surface area contributed by atoms with Crippen LogP contribution >= 0.6 is 0 Å². The molecule has 0 spiro atoms. The molecule has 1 heteroatoms. The lowest BCUT2D eigenvalue weighted by molar-refractivity contribution is -0.125. The van der Waals surface area contributed by atoms with Crippen LogP contribution in [-0.2, 0) is 0 Å². The highest BCUT2D eigenvalue weighted by Crippen LogP contribution is 2.74. The van der Waals surface area contributed by atoms with E-state index in [0.29, 0.717) is 22.2 Å². The molecule has 5 aliphatic rings. The fourth-order valence-electron chi connectivity index (χ4n) is 9.81. The summed E-state index contributed by atoms with van der Waals surface area (Å²) in [6.45, 7) is 20.2. The van der Waals surface area contributed by atoms with Gasteiger partial charge in [-0.25, -0.2) is 0 Å². The van der Waals surface area contributed by atoms with Crippen LogP contribution in [0.1, 0.15) is 113 Å². The maximum atomic E-state index is 10.9. The van der Waals surface area contributed by atoms with Gasteiger partial charge in [0.25, 0.3) is 0 Å². The van der Waals surface area contributed by atoms with Gasteiger partial charge in [-0.1, -0.05) is 78.7 Å². The van der Waals surface area contributed by atoms with Crippen molar-refractivity contribution in [2.45, 2.75) is 119 Å². The minimum Gasteiger partial charge on any atom is -0.393 e. The third-order valence-corrected chi connectivity index (χ3v) is 12.4. The molecule has 0 amide bonds. The summed E-state index contributed by atoms with van der Waals surface area (Å²) in [6.07, 6.45) is 16.7. The Morgan fingerprint density at radius 3 is 2.13 bits per heavy atom. The molecule has 1 unspecified atom stereocenters. The molecule has 4 saturated carbocycles. The van der Waals surface area contributed by atoms with E-state index in [0.717, 1.165) is 18.8 Å². The quantitative estimate of drug-likeness (QED) is 0.416. The Kier molecular flexibility index (Phi) is 4.53. The van der Waals surface area contributed by atoms with Crippen LogP contribution in [0.3, 0.4) is 0 Å². The van der Waals surface area contributed by atoms with Crippen molar-refractivity contribution in [1.82, 2.24) is 0 Å². The first-order valence-electron chi connectivity index (χ1n) is 13.3. The second kappa shape index (κ2) is 6.31. The Bertz CT molecular complexity index is 844. The average Bonchev–Trinajstić information content (AvgIpc) is 2.67. The van der Waals surface area contributed by atoms with Crippen molar-refractivity contribution in [1.29, 1.82) is 0 Å². The monoisotopic (exact) mass is 424 g/mol. The Balaban J connectivity index is 1.63. The van der Waals surface area contributed by atoms with Gasteiger partial charge in [-0.3, -0.25) is 0 Å². The van der Waals surface area contributed by atoms with Crippen molar-refractivity contribution in [3.8, 4) is 0 Å². The number of allylic oxidation sites excluding steroid dienone is 4. The Morgan fingerprint density at radius 1 is 0.742 bits per heavy atom. The normalized spacial score (nSPS) is 52.6. The highest BCUT2D eigenvalue weighted by molar-refractivity contribution is 5.45. The summed E-state index contributed by atoms with van der Waals surface area (Å²) in [5.74, 6) is 1.34. The summed E-state index contributed by atoms with van der Waals surface area (Å²) >= 11 is 0. The van der Waals surface area contributed by atoms with Gasteiger partial charge in [0.15, 0.2) is 0 Å². The van der Waals surface area contributed by atoms with Gasteiger partial charge in [0.1, 0.15) is 0 Å². The summed E-state index contributed by atoms with van der Waals surface area (Å²) in [4.78, 5) is 0. The zero-order valence-corrected chi connectivity index (χ0v) is 21.7. The van der Waals surface area contributed by atoms with Crippen LogP contribution < -0.4 is 0 Å². The molecule has 0 radical (unpaired) electrons. The zero-order chi connectivity index (χ0) is 22.7. The number of aliphatic hydroxyl groups excluding tert-OH is 1. The zero-order valence-electron chi connectivity index (χ0n) is 21.7. The van der Waals surface area contributed by atoms with Crippen LogP contribution in [0.15, 0.2) is 23.3 Å². The van der Waals surface area contributed by atoms with E-state index in [2.05, 4.69) is 67.5 Å². The number of aliphatic hydroxyl groups is 1. The van der Waals surface area contributed by atoms with Crippen molar-refractivity contribution >= 4 is 0 Å². The predicted octanol–water partition coefficient (Wildman–Crippen LogP) is 8.09. The van der Waals surface area contributed by atoms with Gasteiger partial charge in [0.05, 0.1) is 6.10 Å². The topological polar surface area (TPSA) is 20.2 Å². The molecule has 0 aromatic rings. The standard InChI is InChI=1S/C30H48O/c1-25(2)15-16-27(5)17-18-29(7)20(21(27)19-25)9-10-23-28(6)13-12-24(31)26(3,4)22(28)11-14-30(23,29)8/h9-10,21-22,24,31H,11-19H2,1-8H3/t21-,22-,24?,27+,28-,29+,30+/m0/s1. The Morgan fingerprint density at radius 2 is 1.42 bits per heavy atom. The molecule has 1 nitrogen and oxygen atoms in total. The molecule has 0 aromatic carbocycles. The molecule has 1 N–H and O–H groups in total. The van der Waals surface area contributed by atoms with Crippen LogP contribution in [0.2, 0.25) is 0 Å². The molecule has 31 heavy (non-hydrogen) atoms. The van der Waals surface area contributed by atoms with E-state index in [4.69, 9.17) is 0 Å². The van der Waals surface area contributed by atoms with Gasteiger partial charge < -0.3 is 5.11 Å². The predicted molar refractivity (Wildman–Crippen MR) is 131 cm³/mol. The first-order chi connectivity index (χ1) is 14.2. The van der Waals surface area contributed by atoms with Gasteiger partial charge >= 0.3 is 0 Å². The lowest BCUT2D eigenvalue weighted by Gasteiger charge is -2.68. The summed E-state index contributed by atoms with van der Waals surface area (Å²) < 4.78 is 0. The molecule has 5 aliphatic carbocycles. The first-order valence-corrected chi connectivity index (χ1v) is 13.3. The van der Waals surface area contributed by atoms with E-state index < -0.39 is 0 Å². The maximum absolute atomic E-state index is 10.9. The summed E-state index contributed by atoms with van der Waals surface area (Å²) in [5, 5.41) is 10.9. The fourth-order valence-corrected chi connectivity index (χ4v) is 9.81. The maximum Gasteiger partial charge on any atom is 0.0594 e. The molecular formula is C30H48O. The average molecular weight is 425 g/mol. The second-order valence-electron chi connectivity index (χ2n) is 14.8. The highest BCUT2D eigenvalue weighted by Gasteiger charge is 2.65. The van der Waals surface area contributed by atoms with E-state index >= 15 is 0 Å². The van der Waals surface area contributed by atoms with Crippen molar-refractivity contribution in [2.75, 3.05) is 0 Å². The van der Waals surface area contributed by atoms with Crippen molar-refractivity contribution < 1.29 is 5.11 Å². The van der Waals surface area contributed by atoms with Crippen LogP contribution in [0, 0.1) is 44.3 Å². The molecule has 0 heterocycles. The summed E-state index contributed by atoms with van der Waals surface area (Å²) in [5.41, 5.74) is 5.32. The minimum absolute atomic E-state index is 0.0125. The molecule has 7 atom stereocenters. The molecule has 0 bridgehead atoms. The van der Waals surface area contributed by atoms with Gasteiger partial charge in [0.2, 0.25) is 0 Å². The first kappa shape index (κ1) is 22.2. The number of hydrogen-bond acceptors (Lipinski definition) is 1. The van der Waals surface area contributed by atoms with Gasteiger partial charge in [-0.05, 0) is 102 Å². The third kappa shape index (κ3) is 2.71. The van der Waals surface area contributed by atoms with Crippen LogP contribution in [0.4, 0.5) is 0 Å². The van der Waals surface area contributed by atoms with E-state index in [9.17, 15) is 5.11 Å². The van der Waals surface area contributed by atoms with Gasteiger partial charge in [-0.2, -0.15) is 0 Å². The molecule has 5 rings (SSSR count). The fraction of sp³-hybridized carbons (Fsp3) is 0.867. The number of rotatable bonds is 0. The largest absolute Gasteiger partial charge is 0.393 e. The highest BCUT2D eigenvalue weighted by atomic mass is 16.3. The van der Waals surface area contributed by atoms with Gasteiger partial charge in [0, 0.05) is 0 Å². The molecular weight excluding hydrogens is 376 g/mol. The van der Waals surface area contributed by atoms with Gasteiger partial charge in [-0.15, -0.1) is 0 Å². The minimum atomic E-state index is -0.152. The van der Waals surface area contributed by atoms with Crippen molar-refractivity contribution in [3.05, 3.63) is 23.3 Å². The molecule has 0 aliphatic heterocycles. The molecule has 0 saturated heterocycles. The summed E-state index contributed by atoms with van der Waals surface area (Å²) in [6, 6.07) is 0. The SMILES string of the molecule is CC1(C)CC[C@]2(C)CC[C@]3(C)C(=CC=C4[C@@]5(C)CCC(O)C(C)(C)[C@@H]5CC[C@]43C)[C@@H]2C1. The van der Waals surface area contributed by atoms with Crippen molar-refractivity contribution in [3.63, 3.8) is 0 Å². The van der Waals surface area contributed by atoms with E-state index in [1.165, 1.54) is 44.9 Å². The molecule has 0 aromatic heterocycles. The van der Waals surface area contributed by atoms with Crippen LogP contribution in [0.5, 0.6) is 0 Å². The Labute approximate surface area is 192 Å². The lowest BCUT2D eigenvalue weighted by Crippen LogP contribution is -2.60. The Hall–Kier alpha value is -0.560. The van der Waals surface area contributed by atoms with E-state index in [1.807, 2.05) is 0 Å². The van der Waals surface area contributed by atoms with E-state index in [-0.39, 0.29) is 22.3 Å². The smallest absolute Gasteiger partial charge is 0.0594 e. The number of fused-ring (bicyclic) bond motifs is 7.